The van der Waals surface area contributed by atoms with Crippen LogP contribution in [0, 0.1) is 0 Å². The van der Waals surface area contributed by atoms with Crippen LogP contribution in [0.3, 0.4) is 0 Å². The summed E-state index contributed by atoms with van der Waals surface area (Å²) in [5.41, 5.74) is 4.99. The Hall–Kier alpha value is -2.63. The van der Waals surface area contributed by atoms with E-state index in [9.17, 15) is 9.59 Å². The number of anilines is 1. The summed E-state index contributed by atoms with van der Waals surface area (Å²) in [6.07, 6.45) is 1.51. The molecule has 86 valence electrons. The normalized spacial score (nSPS) is 10.1. The molecule has 0 radical (unpaired) electrons. The number of rotatable bonds is 2. The molecule has 0 aromatic carbocycles. The lowest BCUT2D eigenvalue weighted by Crippen LogP contribution is -2.20. The van der Waals surface area contributed by atoms with Crippen molar-refractivity contribution in [2.75, 3.05) is 5.73 Å². The minimum atomic E-state index is -1.31. The molecule has 0 fully saturated rings. The number of aromatic nitrogens is 2. The second kappa shape index (κ2) is 4.09. The van der Waals surface area contributed by atoms with Crippen molar-refractivity contribution in [2.45, 2.75) is 0 Å². The van der Waals surface area contributed by atoms with Crippen LogP contribution in [-0.2, 0) is 0 Å². The lowest BCUT2D eigenvalue weighted by molar-refractivity contribution is 0.0696. The van der Waals surface area contributed by atoms with Crippen molar-refractivity contribution < 1.29 is 9.90 Å². The second-order valence-electron chi connectivity index (χ2n) is 3.36. The highest BCUT2D eigenvalue weighted by Gasteiger charge is 2.17. The fourth-order valence-electron chi connectivity index (χ4n) is 1.52. The van der Waals surface area contributed by atoms with Gasteiger partial charge in [0, 0.05) is 11.8 Å². The van der Waals surface area contributed by atoms with Gasteiger partial charge in [0.15, 0.2) is 0 Å². The smallest absolute Gasteiger partial charge is 0.342 e. The van der Waals surface area contributed by atoms with Gasteiger partial charge in [-0.25, -0.2) is 4.79 Å². The van der Waals surface area contributed by atoms with Crippen molar-refractivity contribution in [3.8, 4) is 11.3 Å². The van der Waals surface area contributed by atoms with E-state index in [0.29, 0.717) is 5.69 Å². The van der Waals surface area contributed by atoms with Crippen LogP contribution in [0.4, 0.5) is 5.82 Å². The molecule has 2 aromatic heterocycles. The van der Waals surface area contributed by atoms with Crippen molar-refractivity contribution >= 4 is 11.8 Å². The Morgan fingerprint density at radius 3 is 2.76 bits per heavy atom. The van der Waals surface area contributed by atoms with Gasteiger partial charge >= 0.3 is 5.97 Å². The number of pyridine rings is 2. The van der Waals surface area contributed by atoms with Gasteiger partial charge in [-0.15, -0.1) is 0 Å². The summed E-state index contributed by atoms with van der Waals surface area (Å²) in [6, 6.07) is 6.39. The van der Waals surface area contributed by atoms with E-state index in [0.717, 1.165) is 0 Å². The Bertz CT molecular complexity index is 620. The van der Waals surface area contributed by atoms with Crippen LogP contribution in [0.1, 0.15) is 10.4 Å². The van der Waals surface area contributed by atoms with Gasteiger partial charge < -0.3 is 15.8 Å². The summed E-state index contributed by atoms with van der Waals surface area (Å²) in [4.78, 5) is 28.8. The maximum atomic E-state index is 11.5. The second-order valence-corrected chi connectivity index (χ2v) is 3.36. The molecule has 0 aliphatic rings. The molecule has 2 heterocycles. The van der Waals surface area contributed by atoms with Crippen molar-refractivity contribution in [3.05, 3.63) is 46.4 Å². The molecule has 6 nitrogen and oxygen atoms in total. The lowest BCUT2D eigenvalue weighted by atomic mass is 10.1. The van der Waals surface area contributed by atoms with E-state index in [4.69, 9.17) is 10.8 Å². The molecule has 6 heteroatoms. The predicted octanol–water partition coefficient (Wildman–Crippen LogP) is 0.717. The number of aromatic carboxylic acids is 1. The third-order valence-electron chi connectivity index (χ3n) is 2.21. The van der Waals surface area contributed by atoms with E-state index in [2.05, 4.69) is 9.97 Å². The number of carboxylic acids is 1. The molecule has 0 saturated heterocycles. The monoisotopic (exact) mass is 231 g/mol. The van der Waals surface area contributed by atoms with Crippen molar-refractivity contribution in [1.29, 1.82) is 0 Å². The van der Waals surface area contributed by atoms with E-state index < -0.39 is 11.5 Å². The third-order valence-corrected chi connectivity index (χ3v) is 2.21. The molecule has 0 bridgehead atoms. The van der Waals surface area contributed by atoms with Gasteiger partial charge in [-0.2, -0.15) is 0 Å². The highest BCUT2D eigenvalue weighted by atomic mass is 16.4. The topological polar surface area (TPSA) is 109 Å². The highest BCUT2D eigenvalue weighted by molar-refractivity contribution is 5.95. The van der Waals surface area contributed by atoms with Gasteiger partial charge in [0.2, 0.25) is 0 Å². The SMILES string of the molecule is Nc1cc(-c2ccccn2)c(C(=O)O)c(=O)[nH]1. The number of aromatic amines is 1. The molecule has 0 aliphatic carbocycles. The number of carbonyl (C=O) groups is 1. The zero-order chi connectivity index (χ0) is 12.4. The van der Waals surface area contributed by atoms with Crippen molar-refractivity contribution in [1.82, 2.24) is 9.97 Å². The highest BCUT2D eigenvalue weighted by Crippen LogP contribution is 2.20. The maximum absolute atomic E-state index is 11.5. The first-order chi connectivity index (χ1) is 8.09. The fourth-order valence-corrected chi connectivity index (χ4v) is 1.52. The Balaban J connectivity index is 2.77. The van der Waals surface area contributed by atoms with E-state index in [1.54, 1.807) is 18.2 Å². The summed E-state index contributed by atoms with van der Waals surface area (Å²) < 4.78 is 0. The number of nitrogen functional groups attached to an aromatic ring is 1. The third kappa shape index (κ3) is 2.00. The van der Waals surface area contributed by atoms with E-state index >= 15 is 0 Å². The lowest BCUT2D eigenvalue weighted by Gasteiger charge is -2.05. The molecule has 0 atom stereocenters. The van der Waals surface area contributed by atoms with Crippen molar-refractivity contribution in [3.63, 3.8) is 0 Å². The number of hydrogen-bond acceptors (Lipinski definition) is 4. The summed E-state index contributed by atoms with van der Waals surface area (Å²) in [7, 11) is 0. The van der Waals surface area contributed by atoms with Gasteiger partial charge in [-0.05, 0) is 18.2 Å². The Morgan fingerprint density at radius 1 is 1.41 bits per heavy atom. The number of carboxylic acid groups (broad SMARTS) is 1. The molecule has 0 saturated carbocycles. The van der Waals surface area contributed by atoms with Crippen LogP contribution in [0.5, 0.6) is 0 Å². The summed E-state index contributed by atoms with van der Waals surface area (Å²) in [5.74, 6) is -1.22. The number of nitrogens with one attached hydrogen (secondary N) is 1. The Kier molecular flexibility index (Phi) is 2.61. The number of nitrogens with zero attached hydrogens (tertiary/aromatic N) is 1. The quantitative estimate of drug-likeness (QED) is 0.705. The molecule has 0 unspecified atom stereocenters. The molecule has 2 rings (SSSR count). The summed E-state index contributed by atoms with van der Waals surface area (Å²) in [6.45, 7) is 0. The summed E-state index contributed by atoms with van der Waals surface area (Å²) >= 11 is 0. The number of H-pyrrole nitrogens is 1. The average Bonchev–Trinajstić information content (AvgIpc) is 2.28. The Labute approximate surface area is 95.7 Å². The minimum absolute atomic E-state index is 0.0978. The minimum Gasteiger partial charge on any atom is -0.477 e. The maximum Gasteiger partial charge on any atom is 0.342 e. The molecular formula is C11H9N3O3. The average molecular weight is 231 g/mol. The Morgan fingerprint density at radius 2 is 2.18 bits per heavy atom. The molecule has 0 amide bonds. The predicted molar refractivity (Wildman–Crippen MR) is 61.7 cm³/mol. The van der Waals surface area contributed by atoms with Crippen LogP contribution >= 0.6 is 0 Å². The van der Waals surface area contributed by atoms with Crippen LogP contribution < -0.4 is 11.3 Å². The molecular weight excluding hydrogens is 222 g/mol. The molecule has 0 spiro atoms. The molecule has 4 N–H and O–H groups in total. The van der Waals surface area contributed by atoms with Gasteiger partial charge in [-0.1, -0.05) is 6.07 Å². The first-order valence-electron chi connectivity index (χ1n) is 4.77. The molecule has 2 aromatic rings. The van der Waals surface area contributed by atoms with Gasteiger partial charge in [-0.3, -0.25) is 9.78 Å². The van der Waals surface area contributed by atoms with E-state index in [-0.39, 0.29) is 16.9 Å². The summed E-state index contributed by atoms with van der Waals surface area (Å²) in [5, 5.41) is 9.01. The number of hydrogen-bond donors (Lipinski definition) is 3. The zero-order valence-electron chi connectivity index (χ0n) is 8.68. The fraction of sp³-hybridized carbons (Fsp3) is 0. The molecule has 17 heavy (non-hydrogen) atoms. The van der Waals surface area contributed by atoms with Crippen LogP contribution in [0.2, 0.25) is 0 Å². The standard InChI is InChI=1S/C11H9N3O3/c12-8-5-6(7-3-1-2-4-13-7)9(11(16)17)10(15)14-8/h1-5H,(H,16,17)(H3,12,14,15). The van der Waals surface area contributed by atoms with Crippen LogP contribution in [0.15, 0.2) is 35.3 Å². The van der Waals surface area contributed by atoms with Crippen LogP contribution in [-0.4, -0.2) is 21.0 Å². The van der Waals surface area contributed by atoms with Crippen molar-refractivity contribution in [2.24, 2.45) is 0 Å². The molecule has 0 aliphatic heterocycles. The van der Waals surface area contributed by atoms with Gasteiger partial charge in [0.25, 0.3) is 5.56 Å². The largest absolute Gasteiger partial charge is 0.477 e. The van der Waals surface area contributed by atoms with Crippen LogP contribution in [0.25, 0.3) is 11.3 Å². The first-order valence-corrected chi connectivity index (χ1v) is 4.77. The zero-order valence-corrected chi connectivity index (χ0v) is 8.68. The number of nitrogens with two attached hydrogens (primary N) is 1. The van der Waals surface area contributed by atoms with Gasteiger partial charge in [0.1, 0.15) is 11.4 Å². The van der Waals surface area contributed by atoms with E-state index in [1.165, 1.54) is 12.3 Å². The van der Waals surface area contributed by atoms with E-state index in [1.807, 2.05) is 0 Å². The van der Waals surface area contributed by atoms with Gasteiger partial charge in [0.05, 0.1) is 5.69 Å². The first kappa shape index (κ1) is 10.9.